The van der Waals surface area contributed by atoms with Crippen molar-refractivity contribution < 1.29 is 5.11 Å². The maximum Gasteiger partial charge on any atom is 0.0970 e. The first kappa shape index (κ1) is 11.0. The highest BCUT2D eigenvalue weighted by molar-refractivity contribution is 5.32. The van der Waals surface area contributed by atoms with E-state index in [1.54, 1.807) is 0 Å². The first-order chi connectivity index (χ1) is 8.68. The van der Waals surface area contributed by atoms with Gasteiger partial charge in [-0.15, -0.1) is 0 Å². The minimum atomic E-state index is -0.578. The zero-order valence-electron chi connectivity index (χ0n) is 11.0. The molecule has 96 valence electrons. The Bertz CT molecular complexity index is 454. The van der Waals surface area contributed by atoms with Crippen molar-refractivity contribution in [3.05, 3.63) is 29.6 Å². The van der Waals surface area contributed by atoms with E-state index in [-0.39, 0.29) is 0 Å². The Hall–Kier alpha value is -0.890. The summed E-state index contributed by atoms with van der Waals surface area (Å²) in [6, 6.07) is 2.04. The fourth-order valence-electron chi connectivity index (χ4n) is 5.23. The molecule has 2 heteroatoms. The molecular formula is C16H21NO. The third-order valence-corrected chi connectivity index (χ3v) is 5.85. The van der Waals surface area contributed by atoms with Gasteiger partial charge in [-0.05, 0) is 74.3 Å². The lowest BCUT2D eigenvalue weighted by molar-refractivity contribution is -0.179. The molecule has 1 aromatic rings. The molecule has 0 saturated heterocycles. The molecule has 4 fully saturated rings. The van der Waals surface area contributed by atoms with Crippen LogP contribution in [0.3, 0.4) is 0 Å². The van der Waals surface area contributed by atoms with Crippen LogP contribution >= 0.6 is 0 Å². The van der Waals surface area contributed by atoms with Crippen molar-refractivity contribution in [2.24, 2.45) is 23.7 Å². The number of nitrogens with zero attached hydrogens (tertiary/aromatic N) is 1. The highest BCUT2D eigenvalue weighted by Gasteiger charge is 2.57. The smallest absolute Gasteiger partial charge is 0.0970 e. The van der Waals surface area contributed by atoms with E-state index in [0.717, 1.165) is 17.4 Å². The summed E-state index contributed by atoms with van der Waals surface area (Å²) in [6.07, 6.45) is 10.1. The van der Waals surface area contributed by atoms with Crippen molar-refractivity contribution in [2.45, 2.75) is 44.6 Å². The largest absolute Gasteiger partial charge is 0.385 e. The van der Waals surface area contributed by atoms with Crippen LogP contribution < -0.4 is 0 Å². The Morgan fingerprint density at radius 3 is 2.28 bits per heavy atom. The quantitative estimate of drug-likeness (QED) is 0.822. The minimum absolute atomic E-state index is 0.483. The normalized spacial score (nSPS) is 45.4. The highest BCUT2D eigenvalue weighted by Crippen LogP contribution is 2.61. The molecule has 18 heavy (non-hydrogen) atoms. The highest BCUT2D eigenvalue weighted by atomic mass is 16.3. The van der Waals surface area contributed by atoms with Crippen LogP contribution in [0.15, 0.2) is 18.5 Å². The van der Waals surface area contributed by atoms with Gasteiger partial charge in [0.2, 0.25) is 0 Å². The number of aromatic nitrogens is 1. The second-order valence-electron chi connectivity index (χ2n) is 6.82. The molecule has 0 spiro atoms. The van der Waals surface area contributed by atoms with E-state index in [4.69, 9.17) is 0 Å². The molecule has 0 aromatic carbocycles. The lowest BCUT2D eigenvalue weighted by Crippen LogP contribution is -2.55. The molecule has 0 aliphatic heterocycles. The summed E-state index contributed by atoms with van der Waals surface area (Å²) in [6.45, 7) is 2.11. The molecule has 1 aromatic heterocycles. The van der Waals surface area contributed by atoms with Crippen molar-refractivity contribution in [1.29, 1.82) is 0 Å². The summed E-state index contributed by atoms with van der Waals surface area (Å²) in [7, 11) is 0. The molecule has 4 saturated carbocycles. The van der Waals surface area contributed by atoms with Crippen LogP contribution in [0.25, 0.3) is 0 Å². The Morgan fingerprint density at radius 2 is 1.72 bits per heavy atom. The van der Waals surface area contributed by atoms with Crippen LogP contribution in [0.4, 0.5) is 0 Å². The van der Waals surface area contributed by atoms with Crippen LogP contribution in [0.2, 0.25) is 0 Å². The van der Waals surface area contributed by atoms with Crippen LogP contribution in [-0.4, -0.2) is 10.1 Å². The van der Waals surface area contributed by atoms with E-state index >= 15 is 0 Å². The van der Waals surface area contributed by atoms with E-state index in [2.05, 4.69) is 11.9 Å². The second-order valence-corrected chi connectivity index (χ2v) is 6.82. The van der Waals surface area contributed by atoms with Crippen LogP contribution in [0.5, 0.6) is 0 Å². The number of aliphatic hydroxyl groups is 1. The van der Waals surface area contributed by atoms with Gasteiger partial charge < -0.3 is 5.11 Å². The molecule has 1 heterocycles. The van der Waals surface area contributed by atoms with Crippen LogP contribution in [0.1, 0.15) is 43.2 Å². The summed E-state index contributed by atoms with van der Waals surface area (Å²) in [4.78, 5) is 4.26. The van der Waals surface area contributed by atoms with Crippen molar-refractivity contribution in [1.82, 2.24) is 4.98 Å². The first-order valence-electron chi connectivity index (χ1n) is 7.31. The number of aryl methyl sites for hydroxylation is 1. The Balaban J connectivity index is 1.81. The second kappa shape index (κ2) is 3.57. The van der Waals surface area contributed by atoms with Crippen LogP contribution in [0, 0.1) is 30.6 Å². The third kappa shape index (κ3) is 1.30. The maximum atomic E-state index is 11.4. The predicted octanol–water partition coefficient (Wildman–Crippen LogP) is 3.03. The molecule has 0 unspecified atom stereocenters. The van der Waals surface area contributed by atoms with Gasteiger partial charge in [-0.2, -0.15) is 0 Å². The number of hydrogen-bond donors (Lipinski definition) is 1. The van der Waals surface area contributed by atoms with Crippen molar-refractivity contribution in [2.75, 3.05) is 0 Å². The zero-order valence-corrected chi connectivity index (χ0v) is 11.0. The van der Waals surface area contributed by atoms with Gasteiger partial charge >= 0.3 is 0 Å². The molecule has 2 nitrogen and oxygen atoms in total. The van der Waals surface area contributed by atoms with Gasteiger partial charge in [0.15, 0.2) is 0 Å². The summed E-state index contributed by atoms with van der Waals surface area (Å²) >= 11 is 0. The van der Waals surface area contributed by atoms with Gasteiger partial charge in [0.25, 0.3) is 0 Å². The number of pyridine rings is 1. The predicted molar refractivity (Wildman–Crippen MR) is 69.9 cm³/mol. The van der Waals surface area contributed by atoms with E-state index in [1.165, 1.54) is 37.7 Å². The fourth-order valence-corrected chi connectivity index (χ4v) is 5.23. The van der Waals surface area contributed by atoms with Crippen molar-refractivity contribution in [3.63, 3.8) is 0 Å². The lowest BCUT2D eigenvalue weighted by atomic mass is 9.48. The number of rotatable bonds is 1. The molecule has 4 bridgehead atoms. The minimum Gasteiger partial charge on any atom is -0.385 e. The summed E-state index contributed by atoms with van der Waals surface area (Å²) in [5, 5.41) is 11.4. The lowest BCUT2D eigenvalue weighted by Gasteiger charge is -2.59. The molecule has 0 radical (unpaired) electrons. The Kier molecular flexibility index (Phi) is 2.18. The van der Waals surface area contributed by atoms with E-state index in [0.29, 0.717) is 11.8 Å². The molecule has 0 atom stereocenters. The maximum absolute atomic E-state index is 11.4. The molecule has 4 aliphatic carbocycles. The molecule has 1 N–H and O–H groups in total. The topological polar surface area (TPSA) is 33.1 Å². The van der Waals surface area contributed by atoms with Gasteiger partial charge in [-0.1, -0.05) is 0 Å². The molecule has 4 aliphatic rings. The Labute approximate surface area is 108 Å². The molecular weight excluding hydrogens is 222 g/mol. The Morgan fingerprint density at radius 1 is 1.11 bits per heavy atom. The molecule has 0 amide bonds. The van der Waals surface area contributed by atoms with Gasteiger partial charge in [0, 0.05) is 18.0 Å². The van der Waals surface area contributed by atoms with Crippen molar-refractivity contribution in [3.8, 4) is 0 Å². The average molecular weight is 243 g/mol. The van der Waals surface area contributed by atoms with Crippen molar-refractivity contribution >= 4 is 0 Å². The van der Waals surface area contributed by atoms with E-state index in [9.17, 15) is 5.11 Å². The van der Waals surface area contributed by atoms with E-state index < -0.39 is 5.60 Å². The van der Waals surface area contributed by atoms with Gasteiger partial charge in [-0.25, -0.2) is 0 Å². The van der Waals surface area contributed by atoms with E-state index in [1.807, 2.05) is 18.5 Å². The average Bonchev–Trinajstić information content (AvgIpc) is 2.35. The SMILES string of the molecule is Cc1ccncc1C1(O)C2CC3CC(C2)CC1C3. The number of hydrogen-bond acceptors (Lipinski definition) is 2. The summed E-state index contributed by atoms with van der Waals surface area (Å²) < 4.78 is 0. The van der Waals surface area contributed by atoms with Gasteiger partial charge in [0.05, 0.1) is 5.60 Å². The standard InChI is InChI=1S/C16H21NO/c1-10-2-3-17-9-15(10)16(18)13-5-11-4-12(7-13)8-14(16)6-11/h2-3,9,11-14,18H,4-8H2,1H3. The zero-order chi connectivity index (χ0) is 12.3. The summed E-state index contributed by atoms with van der Waals surface area (Å²) in [5.74, 6) is 2.75. The fraction of sp³-hybridized carbons (Fsp3) is 0.688. The van der Waals surface area contributed by atoms with Crippen LogP contribution in [-0.2, 0) is 5.60 Å². The molecule has 5 rings (SSSR count). The first-order valence-corrected chi connectivity index (χ1v) is 7.31. The van der Waals surface area contributed by atoms with Gasteiger partial charge in [0.1, 0.15) is 0 Å². The van der Waals surface area contributed by atoms with Gasteiger partial charge in [-0.3, -0.25) is 4.98 Å². The monoisotopic (exact) mass is 243 g/mol. The third-order valence-electron chi connectivity index (χ3n) is 5.85. The summed E-state index contributed by atoms with van der Waals surface area (Å²) in [5.41, 5.74) is 1.74.